The van der Waals surface area contributed by atoms with E-state index in [2.05, 4.69) is 4.72 Å². The third-order valence-corrected chi connectivity index (χ3v) is 7.55. The van der Waals surface area contributed by atoms with Crippen LogP contribution in [0.4, 0.5) is 0 Å². The van der Waals surface area contributed by atoms with Crippen LogP contribution in [0.1, 0.15) is 27.8 Å². The first-order chi connectivity index (χ1) is 17.0. The van der Waals surface area contributed by atoms with E-state index in [9.17, 15) is 18.0 Å². The maximum atomic E-state index is 13.5. The SMILES string of the molecule is Cc1ccc(S(=O)(=O)N[C@H](Cc2ccccc2)C(=O)Oc2cc(C)cc3oc(=O)c(C)c(C)c23)cc1. The molecule has 0 radical (unpaired) electrons. The molecule has 186 valence electrons. The molecule has 7 nitrogen and oxygen atoms in total. The average Bonchev–Trinajstić information content (AvgIpc) is 2.82. The Bertz CT molecular complexity index is 1590. The van der Waals surface area contributed by atoms with Gasteiger partial charge in [0.1, 0.15) is 17.4 Å². The molecule has 0 saturated carbocycles. The van der Waals surface area contributed by atoms with E-state index < -0.39 is 27.7 Å². The molecule has 1 N–H and O–H groups in total. The number of aryl methyl sites for hydroxylation is 3. The first kappa shape index (κ1) is 25.3. The Morgan fingerprint density at radius 2 is 1.58 bits per heavy atom. The molecule has 0 aliphatic heterocycles. The van der Waals surface area contributed by atoms with E-state index >= 15 is 0 Å². The Morgan fingerprint density at radius 1 is 0.917 bits per heavy atom. The van der Waals surface area contributed by atoms with Gasteiger partial charge in [0, 0.05) is 5.56 Å². The highest BCUT2D eigenvalue weighted by molar-refractivity contribution is 7.89. The summed E-state index contributed by atoms with van der Waals surface area (Å²) in [6.07, 6.45) is 0.0849. The molecule has 0 unspecified atom stereocenters. The van der Waals surface area contributed by atoms with Crippen LogP contribution in [0.15, 0.2) is 80.8 Å². The molecule has 4 aromatic rings. The summed E-state index contributed by atoms with van der Waals surface area (Å²) in [5.74, 6) is -0.573. The van der Waals surface area contributed by atoms with Gasteiger partial charge < -0.3 is 9.15 Å². The number of hydrogen-bond acceptors (Lipinski definition) is 6. The van der Waals surface area contributed by atoms with Crippen molar-refractivity contribution in [1.29, 1.82) is 0 Å². The van der Waals surface area contributed by atoms with Gasteiger partial charge in [0.25, 0.3) is 0 Å². The number of sulfonamides is 1. The van der Waals surface area contributed by atoms with Gasteiger partial charge in [-0.25, -0.2) is 18.0 Å². The summed E-state index contributed by atoms with van der Waals surface area (Å²) < 4.78 is 40.0. The van der Waals surface area contributed by atoms with Crippen molar-refractivity contribution in [3.05, 3.63) is 105 Å². The smallest absolute Gasteiger partial charge is 0.339 e. The van der Waals surface area contributed by atoms with Gasteiger partial charge in [-0.3, -0.25) is 0 Å². The van der Waals surface area contributed by atoms with Gasteiger partial charge in [-0.2, -0.15) is 4.72 Å². The molecule has 1 heterocycles. The van der Waals surface area contributed by atoms with Gasteiger partial charge in [0.15, 0.2) is 0 Å². The number of fused-ring (bicyclic) bond motifs is 1. The second-order valence-electron chi connectivity index (χ2n) is 8.87. The van der Waals surface area contributed by atoms with Gasteiger partial charge >= 0.3 is 11.6 Å². The molecular formula is C28H27NO6S. The molecule has 0 amide bonds. The fraction of sp³-hybridized carbons (Fsp3) is 0.214. The van der Waals surface area contributed by atoms with Crippen molar-refractivity contribution in [1.82, 2.24) is 4.72 Å². The van der Waals surface area contributed by atoms with Crippen LogP contribution in [-0.2, 0) is 21.2 Å². The van der Waals surface area contributed by atoms with Crippen LogP contribution >= 0.6 is 0 Å². The van der Waals surface area contributed by atoms with Crippen molar-refractivity contribution in [3.63, 3.8) is 0 Å². The molecule has 3 aromatic carbocycles. The van der Waals surface area contributed by atoms with Crippen LogP contribution in [-0.4, -0.2) is 20.4 Å². The lowest BCUT2D eigenvalue weighted by Gasteiger charge is -2.19. The lowest BCUT2D eigenvalue weighted by molar-refractivity contribution is -0.136. The Kier molecular flexibility index (Phi) is 7.10. The van der Waals surface area contributed by atoms with Crippen LogP contribution in [0.2, 0.25) is 0 Å². The number of hydrogen-bond donors (Lipinski definition) is 1. The van der Waals surface area contributed by atoms with Gasteiger partial charge in [0.05, 0.1) is 10.3 Å². The zero-order valence-electron chi connectivity index (χ0n) is 20.5. The Morgan fingerprint density at radius 3 is 2.25 bits per heavy atom. The van der Waals surface area contributed by atoms with E-state index in [4.69, 9.17) is 9.15 Å². The summed E-state index contributed by atoms with van der Waals surface area (Å²) in [6, 6.07) is 17.6. The molecule has 0 saturated heterocycles. The quantitative estimate of drug-likeness (QED) is 0.225. The Hall–Kier alpha value is -3.75. The Balaban J connectivity index is 1.73. The fourth-order valence-electron chi connectivity index (χ4n) is 3.94. The van der Waals surface area contributed by atoms with E-state index in [-0.39, 0.29) is 17.1 Å². The zero-order valence-corrected chi connectivity index (χ0v) is 21.3. The first-order valence-corrected chi connectivity index (χ1v) is 12.9. The predicted molar refractivity (Wildman–Crippen MR) is 138 cm³/mol. The van der Waals surface area contributed by atoms with Gasteiger partial charge in [-0.15, -0.1) is 0 Å². The van der Waals surface area contributed by atoms with Gasteiger partial charge in [-0.05, 0) is 75.1 Å². The number of nitrogens with one attached hydrogen (secondary N) is 1. The zero-order chi connectivity index (χ0) is 26.0. The first-order valence-electron chi connectivity index (χ1n) is 11.4. The van der Waals surface area contributed by atoms with Crippen LogP contribution < -0.4 is 15.1 Å². The monoisotopic (exact) mass is 505 g/mol. The number of rotatable bonds is 7. The van der Waals surface area contributed by atoms with Gasteiger partial charge in [0.2, 0.25) is 10.0 Å². The molecular weight excluding hydrogens is 478 g/mol. The summed E-state index contributed by atoms with van der Waals surface area (Å²) >= 11 is 0. The summed E-state index contributed by atoms with van der Waals surface area (Å²) in [5, 5.41) is 0.492. The highest BCUT2D eigenvalue weighted by Gasteiger charge is 2.29. The van der Waals surface area contributed by atoms with E-state index in [1.807, 2.05) is 37.3 Å². The highest BCUT2D eigenvalue weighted by atomic mass is 32.2. The summed E-state index contributed by atoms with van der Waals surface area (Å²) in [5.41, 5.74) is 3.27. The largest absolute Gasteiger partial charge is 0.425 e. The van der Waals surface area contributed by atoms with Crippen molar-refractivity contribution in [2.45, 2.75) is 45.1 Å². The van der Waals surface area contributed by atoms with Crippen molar-refractivity contribution >= 4 is 27.0 Å². The molecule has 0 fully saturated rings. The molecule has 0 aliphatic rings. The maximum Gasteiger partial charge on any atom is 0.339 e. The van der Waals surface area contributed by atoms with Crippen LogP contribution in [0.25, 0.3) is 11.0 Å². The number of esters is 1. The van der Waals surface area contributed by atoms with E-state index in [0.29, 0.717) is 22.1 Å². The van der Waals surface area contributed by atoms with Crippen LogP contribution in [0.3, 0.4) is 0 Å². The minimum atomic E-state index is -4.02. The third-order valence-electron chi connectivity index (χ3n) is 6.06. The summed E-state index contributed by atoms with van der Waals surface area (Å²) in [4.78, 5) is 25.7. The molecule has 36 heavy (non-hydrogen) atoms. The topological polar surface area (TPSA) is 103 Å². The number of carbonyl (C=O) groups excluding carboxylic acids is 1. The van der Waals surface area contributed by atoms with Crippen LogP contribution in [0, 0.1) is 27.7 Å². The Labute approximate surface area is 209 Å². The molecule has 0 spiro atoms. The standard InChI is InChI=1S/C28H27NO6S/c1-17-10-12-22(13-11-17)36(32,33)29-23(16-21-8-6-5-7-9-21)28(31)35-25-15-18(2)14-24-26(25)19(3)20(4)27(30)34-24/h5-15,23,29H,16H2,1-4H3/t23-/m1/s1. The fourth-order valence-corrected chi connectivity index (χ4v) is 5.13. The minimum Gasteiger partial charge on any atom is -0.425 e. The highest BCUT2D eigenvalue weighted by Crippen LogP contribution is 2.31. The van der Waals surface area contributed by atoms with Crippen molar-refractivity contribution in [2.24, 2.45) is 0 Å². The molecule has 4 rings (SSSR count). The van der Waals surface area contributed by atoms with E-state index in [0.717, 1.165) is 16.7 Å². The van der Waals surface area contributed by atoms with Crippen LogP contribution in [0.5, 0.6) is 5.75 Å². The number of carbonyl (C=O) groups is 1. The number of ether oxygens (including phenoxy) is 1. The maximum absolute atomic E-state index is 13.5. The second kappa shape index (κ2) is 10.1. The van der Waals surface area contributed by atoms with Gasteiger partial charge in [-0.1, -0.05) is 48.0 Å². The summed E-state index contributed by atoms with van der Waals surface area (Å²) in [7, 11) is -4.02. The lowest BCUT2D eigenvalue weighted by Crippen LogP contribution is -2.44. The normalized spacial score (nSPS) is 12.4. The molecule has 0 aliphatic carbocycles. The predicted octanol–water partition coefficient (Wildman–Crippen LogP) is 4.52. The minimum absolute atomic E-state index is 0.0493. The third kappa shape index (κ3) is 5.40. The molecule has 1 atom stereocenters. The van der Waals surface area contributed by atoms with Crippen molar-refractivity contribution in [2.75, 3.05) is 0 Å². The molecule has 0 bridgehead atoms. The van der Waals surface area contributed by atoms with E-state index in [1.54, 1.807) is 45.0 Å². The summed E-state index contributed by atoms with van der Waals surface area (Å²) in [6.45, 7) is 7.04. The molecule has 8 heteroatoms. The number of benzene rings is 3. The molecule has 1 aromatic heterocycles. The average molecular weight is 506 g/mol. The van der Waals surface area contributed by atoms with Crippen molar-refractivity contribution in [3.8, 4) is 5.75 Å². The van der Waals surface area contributed by atoms with E-state index in [1.165, 1.54) is 12.1 Å². The second-order valence-corrected chi connectivity index (χ2v) is 10.6. The lowest BCUT2D eigenvalue weighted by atomic mass is 10.0. The van der Waals surface area contributed by atoms with Crippen molar-refractivity contribution < 1.29 is 22.4 Å².